The molecule has 0 heterocycles. The highest BCUT2D eigenvalue weighted by molar-refractivity contribution is 9.10. The summed E-state index contributed by atoms with van der Waals surface area (Å²) in [4.78, 5) is 11.4. The molecule has 0 fully saturated rings. The average molecular weight is 321 g/mol. The number of aromatic hydroxyl groups is 1. The normalized spacial score (nSPS) is 12.1. The van der Waals surface area contributed by atoms with E-state index in [9.17, 15) is 15.0 Å². The van der Waals surface area contributed by atoms with Gasteiger partial charge in [-0.2, -0.15) is 0 Å². The highest BCUT2D eigenvalue weighted by atomic mass is 79.9. The first kappa shape index (κ1) is 13.6. The largest absolute Gasteiger partial charge is 0.507 e. The van der Waals surface area contributed by atoms with E-state index in [1.54, 1.807) is 18.2 Å². The molecular formula is C15H13BrO3. The Morgan fingerprint density at radius 1 is 1.16 bits per heavy atom. The molecule has 0 aromatic heterocycles. The number of hydrogen-bond donors (Lipinski definition) is 2. The molecule has 0 amide bonds. The second-order valence-electron chi connectivity index (χ2n) is 4.29. The van der Waals surface area contributed by atoms with Crippen molar-refractivity contribution in [2.45, 2.75) is 12.3 Å². The fourth-order valence-electron chi connectivity index (χ4n) is 1.95. The molecule has 1 unspecified atom stereocenters. The standard InChI is InChI=1S/C15H13BrO3/c16-13-9-10(6-7-14(13)17)8-12(15(18)19)11-4-2-1-3-5-11/h1-7,9,12,17H,8H2,(H,18,19). The van der Waals surface area contributed by atoms with Gasteiger partial charge in [-0.05, 0) is 45.6 Å². The third kappa shape index (κ3) is 3.35. The number of carboxylic acids is 1. The number of phenolic OH excluding ortho intramolecular Hbond substituents is 1. The first-order valence-corrected chi connectivity index (χ1v) is 6.62. The summed E-state index contributed by atoms with van der Waals surface area (Å²) in [6.07, 6.45) is 0.387. The Morgan fingerprint density at radius 3 is 2.42 bits per heavy atom. The highest BCUT2D eigenvalue weighted by Crippen LogP contribution is 2.27. The van der Waals surface area contributed by atoms with Crippen LogP contribution < -0.4 is 0 Å². The van der Waals surface area contributed by atoms with E-state index >= 15 is 0 Å². The lowest BCUT2D eigenvalue weighted by atomic mass is 9.92. The van der Waals surface area contributed by atoms with Crippen LogP contribution in [0.5, 0.6) is 5.75 Å². The van der Waals surface area contributed by atoms with Crippen molar-refractivity contribution in [1.82, 2.24) is 0 Å². The Morgan fingerprint density at radius 2 is 1.84 bits per heavy atom. The number of carbonyl (C=O) groups is 1. The van der Waals surface area contributed by atoms with Gasteiger partial charge in [0, 0.05) is 0 Å². The fourth-order valence-corrected chi connectivity index (χ4v) is 2.37. The van der Waals surface area contributed by atoms with Crippen LogP contribution in [0.3, 0.4) is 0 Å². The van der Waals surface area contributed by atoms with E-state index in [4.69, 9.17) is 0 Å². The van der Waals surface area contributed by atoms with Gasteiger partial charge < -0.3 is 10.2 Å². The molecule has 0 bridgehead atoms. The molecule has 0 aliphatic heterocycles. The van der Waals surface area contributed by atoms with Crippen molar-refractivity contribution in [3.8, 4) is 5.75 Å². The smallest absolute Gasteiger partial charge is 0.311 e. The number of halogens is 1. The van der Waals surface area contributed by atoms with Crippen LogP contribution >= 0.6 is 15.9 Å². The number of hydrogen-bond acceptors (Lipinski definition) is 2. The third-order valence-electron chi connectivity index (χ3n) is 2.95. The Balaban J connectivity index is 2.27. The summed E-state index contributed by atoms with van der Waals surface area (Å²) < 4.78 is 0.571. The van der Waals surface area contributed by atoms with Crippen LogP contribution in [0.15, 0.2) is 53.0 Å². The maximum Gasteiger partial charge on any atom is 0.311 e. The average Bonchev–Trinajstić information content (AvgIpc) is 2.40. The number of benzene rings is 2. The summed E-state index contributed by atoms with van der Waals surface area (Å²) >= 11 is 3.23. The first-order chi connectivity index (χ1) is 9.08. The summed E-state index contributed by atoms with van der Waals surface area (Å²) in [6, 6.07) is 14.2. The van der Waals surface area contributed by atoms with Crippen molar-refractivity contribution in [2.75, 3.05) is 0 Å². The minimum Gasteiger partial charge on any atom is -0.507 e. The topological polar surface area (TPSA) is 57.5 Å². The van der Waals surface area contributed by atoms with Gasteiger partial charge in [0.15, 0.2) is 0 Å². The lowest BCUT2D eigenvalue weighted by Gasteiger charge is -2.13. The van der Waals surface area contributed by atoms with Crippen LogP contribution in [-0.4, -0.2) is 16.2 Å². The second-order valence-corrected chi connectivity index (χ2v) is 5.15. The number of phenols is 1. The van der Waals surface area contributed by atoms with E-state index < -0.39 is 11.9 Å². The van der Waals surface area contributed by atoms with E-state index in [-0.39, 0.29) is 5.75 Å². The van der Waals surface area contributed by atoms with Gasteiger partial charge in [0.05, 0.1) is 10.4 Å². The summed E-state index contributed by atoms with van der Waals surface area (Å²) in [5.41, 5.74) is 1.64. The predicted molar refractivity (Wildman–Crippen MR) is 76.3 cm³/mol. The van der Waals surface area contributed by atoms with Gasteiger partial charge in [-0.15, -0.1) is 0 Å². The molecular weight excluding hydrogens is 308 g/mol. The molecule has 0 saturated heterocycles. The van der Waals surface area contributed by atoms with Gasteiger partial charge >= 0.3 is 5.97 Å². The number of rotatable bonds is 4. The zero-order valence-electron chi connectivity index (χ0n) is 10.1. The van der Waals surface area contributed by atoms with Crippen LogP contribution in [0, 0.1) is 0 Å². The van der Waals surface area contributed by atoms with E-state index in [0.717, 1.165) is 11.1 Å². The minimum atomic E-state index is -0.851. The predicted octanol–water partition coefficient (Wildman–Crippen LogP) is 3.57. The van der Waals surface area contributed by atoms with Crippen LogP contribution in [0.25, 0.3) is 0 Å². The van der Waals surface area contributed by atoms with E-state index in [2.05, 4.69) is 15.9 Å². The van der Waals surface area contributed by atoms with Gasteiger partial charge in [0.1, 0.15) is 5.75 Å². The van der Waals surface area contributed by atoms with Gasteiger partial charge in [-0.1, -0.05) is 36.4 Å². The molecule has 4 heteroatoms. The molecule has 2 rings (SSSR count). The van der Waals surface area contributed by atoms with E-state index in [0.29, 0.717) is 10.9 Å². The molecule has 0 aliphatic carbocycles. The SMILES string of the molecule is O=C(O)C(Cc1ccc(O)c(Br)c1)c1ccccc1. The van der Waals surface area contributed by atoms with Gasteiger partial charge in [0.2, 0.25) is 0 Å². The number of aliphatic carboxylic acids is 1. The molecule has 0 aliphatic rings. The van der Waals surface area contributed by atoms with E-state index in [1.165, 1.54) is 0 Å². The molecule has 1 atom stereocenters. The summed E-state index contributed by atoms with van der Waals surface area (Å²) in [5.74, 6) is -1.29. The van der Waals surface area contributed by atoms with Gasteiger partial charge in [-0.3, -0.25) is 4.79 Å². The van der Waals surface area contributed by atoms with Crippen LogP contribution in [0.1, 0.15) is 17.0 Å². The van der Waals surface area contributed by atoms with Crippen molar-refractivity contribution in [3.05, 3.63) is 64.1 Å². The molecule has 2 N–H and O–H groups in total. The Labute approximate surface area is 119 Å². The number of carboxylic acid groups (broad SMARTS) is 1. The fraction of sp³-hybridized carbons (Fsp3) is 0.133. The van der Waals surface area contributed by atoms with Gasteiger partial charge in [0.25, 0.3) is 0 Å². The quantitative estimate of drug-likeness (QED) is 0.905. The molecule has 2 aromatic rings. The maximum atomic E-state index is 11.4. The Hall–Kier alpha value is -1.81. The van der Waals surface area contributed by atoms with Crippen molar-refractivity contribution in [1.29, 1.82) is 0 Å². The highest BCUT2D eigenvalue weighted by Gasteiger charge is 2.20. The van der Waals surface area contributed by atoms with Crippen molar-refractivity contribution < 1.29 is 15.0 Å². The van der Waals surface area contributed by atoms with Crippen molar-refractivity contribution >= 4 is 21.9 Å². The second kappa shape index (κ2) is 5.89. The minimum absolute atomic E-state index is 0.148. The van der Waals surface area contributed by atoms with E-state index in [1.807, 2.05) is 30.3 Å². The molecule has 98 valence electrons. The molecule has 0 radical (unpaired) electrons. The molecule has 0 spiro atoms. The Bertz CT molecular complexity index is 581. The lowest BCUT2D eigenvalue weighted by Crippen LogP contribution is -2.14. The van der Waals surface area contributed by atoms with Crippen molar-refractivity contribution in [3.63, 3.8) is 0 Å². The molecule has 3 nitrogen and oxygen atoms in total. The third-order valence-corrected chi connectivity index (χ3v) is 3.59. The maximum absolute atomic E-state index is 11.4. The van der Waals surface area contributed by atoms with Crippen LogP contribution in [0.2, 0.25) is 0 Å². The monoisotopic (exact) mass is 320 g/mol. The molecule has 0 saturated carbocycles. The summed E-state index contributed by atoms with van der Waals surface area (Å²) in [5, 5.41) is 18.8. The first-order valence-electron chi connectivity index (χ1n) is 5.83. The Kier molecular flexibility index (Phi) is 4.22. The van der Waals surface area contributed by atoms with Crippen LogP contribution in [0.4, 0.5) is 0 Å². The zero-order chi connectivity index (χ0) is 13.8. The molecule has 2 aromatic carbocycles. The zero-order valence-corrected chi connectivity index (χ0v) is 11.7. The van der Waals surface area contributed by atoms with Crippen molar-refractivity contribution in [2.24, 2.45) is 0 Å². The summed E-state index contributed by atoms with van der Waals surface area (Å²) in [7, 11) is 0. The molecule has 19 heavy (non-hydrogen) atoms. The van der Waals surface area contributed by atoms with Crippen LogP contribution in [-0.2, 0) is 11.2 Å². The summed E-state index contributed by atoms with van der Waals surface area (Å²) in [6.45, 7) is 0. The van der Waals surface area contributed by atoms with Gasteiger partial charge in [-0.25, -0.2) is 0 Å². The lowest BCUT2D eigenvalue weighted by molar-refractivity contribution is -0.138.